The van der Waals surface area contributed by atoms with Gasteiger partial charge in [-0.25, -0.2) is 8.42 Å². The van der Waals surface area contributed by atoms with Gasteiger partial charge >= 0.3 is 0 Å². The maximum atomic E-state index is 13.7. The van der Waals surface area contributed by atoms with Crippen molar-refractivity contribution in [3.05, 3.63) is 28.8 Å². The molecule has 1 aromatic carbocycles. The third-order valence-electron chi connectivity index (χ3n) is 6.25. The lowest BCUT2D eigenvalue weighted by atomic mass is 10.1. The lowest BCUT2D eigenvalue weighted by Crippen LogP contribution is -2.52. The molecule has 0 unspecified atom stereocenters. The number of nitrogens with zero attached hydrogens (tertiary/aromatic N) is 4. The summed E-state index contributed by atoms with van der Waals surface area (Å²) in [6.45, 7) is 13.0. The quantitative estimate of drug-likeness (QED) is 0.642. The Bertz CT molecular complexity index is 852. The molecule has 0 bridgehead atoms. The SMILES string of the molecule is Cc1cc(C)c(S(=O)(=O)N(CCN2CCN(C)CC2)CC(=O)N2CCNCC2)c(C)c1. The summed E-state index contributed by atoms with van der Waals surface area (Å²) in [5.74, 6) is -0.120. The maximum absolute atomic E-state index is 13.7. The van der Waals surface area contributed by atoms with E-state index in [4.69, 9.17) is 0 Å². The molecule has 2 heterocycles. The highest BCUT2D eigenvalue weighted by molar-refractivity contribution is 7.89. The zero-order valence-corrected chi connectivity index (χ0v) is 20.2. The van der Waals surface area contributed by atoms with Gasteiger partial charge in [0, 0.05) is 65.4 Å². The Morgan fingerprint density at radius 1 is 1.00 bits per heavy atom. The second-order valence-corrected chi connectivity index (χ2v) is 10.7. The van der Waals surface area contributed by atoms with Gasteiger partial charge in [-0.05, 0) is 38.9 Å². The van der Waals surface area contributed by atoms with Crippen LogP contribution in [0.1, 0.15) is 16.7 Å². The fourth-order valence-corrected chi connectivity index (χ4v) is 6.27. The van der Waals surface area contributed by atoms with E-state index in [2.05, 4.69) is 22.2 Å². The molecule has 0 aliphatic carbocycles. The van der Waals surface area contributed by atoms with Crippen molar-refractivity contribution in [1.29, 1.82) is 0 Å². The highest BCUT2D eigenvalue weighted by Crippen LogP contribution is 2.25. The number of carbonyl (C=O) groups is 1. The van der Waals surface area contributed by atoms with E-state index in [9.17, 15) is 13.2 Å². The number of sulfonamides is 1. The summed E-state index contributed by atoms with van der Waals surface area (Å²) in [7, 11) is -1.69. The zero-order chi connectivity index (χ0) is 22.6. The smallest absolute Gasteiger partial charge is 0.244 e. The Hall–Kier alpha value is -1.52. The van der Waals surface area contributed by atoms with Gasteiger partial charge in [0.2, 0.25) is 15.9 Å². The van der Waals surface area contributed by atoms with E-state index >= 15 is 0 Å². The highest BCUT2D eigenvalue weighted by atomic mass is 32.2. The first-order chi connectivity index (χ1) is 14.7. The number of carbonyl (C=O) groups excluding carboxylic acids is 1. The molecular weight excluding hydrogens is 414 g/mol. The first kappa shape index (κ1) is 24.1. The summed E-state index contributed by atoms with van der Waals surface area (Å²) in [5, 5.41) is 3.23. The molecule has 1 aromatic rings. The van der Waals surface area contributed by atoms with Crippen molar-refractivity contribution in [3.63, 3.8) is 0 Å². The number of hydrogen-bond acceptors (Lipinski definition) is 6. The second-order valence-electron chi connectivity index (χ2n) is 8.84. The van der Waals surface area contributed by atoms with E-state index in [1.165, 1.54) is 4.31 Å². The molecule has 2 saturated heterocycles. The first-order valence-corrected chi connectivity index (χ1v) is 12.6. The van der Waals surface area contributed by atoms with Gasteiger partial charge in [0.05, 0.1) is 11.4 Å². The minimum absolute atomic E-state index is 0.108. The number of aryl methyl sites for hydroxylation is 3. The van der Waals surface area contributed by atoms with Crippen molar-refractivity contribution in [2.75, 3.05) is 79.0 Å². The fraction of sp³-hybridized carbons (Fsp3) is 0.682. The van der Waals surface area contributed by atoms with Crippen molar-refractivity contribution < 1.29 is 13.2 Å². The van der Waals surface area contributed by atoms with Gasteiger partial charge in [0.25, 0.3) is 0 Å². The number of benzene rings is 1. The third-order valence-corrected chi connectivity index (χ3v) is 8.40. The molecule has 2 aliphatic heterocycles. The van der Waals surface area contributed by atoms with Gasteiger partial charge in [-0.3, -0.25) is 9.69 Å². The van der Waals surface area contributed by atoms with Gasteiger partial charge < -0.3 is 15.1 Å². The molecule has 8 nitrogen and oxygen atoms in total. The lowest BCUT2D eigenvalue weighted by Gasteiger charge is -2.34. The Balaban J connectivity index is 1.82. The number of likely N-dealkylation sites (N-methyl/N-ethyl adjacent to an activating group) is 1. The monoisotopic (exact) mass is 451 g/mol. The fourth-order valence-electron chi connectivity index (χ4n) is 4.48. The van der Waals surface area contributed by atoms with E-state index in [0.717, 1.165) is 56.0 Å². The molecule has 0 spiro atoms. The molecule has 31 heavy (non-hydrogen) atoms. The van der Waals surface area contributed by atoms with Crippen LogP contribution in [-0.4, -0.2) is 112 Å². The molecule has 0 saturated carbocycles. The van der Waals surface area contributed by atoms with E-state index < -0.39 is 10.0 Å². The number of nitrogens with one attached hydrogen (secondary N) is 1. The Morgan fingerprint density at radius 3 is 2.16 bits per heavy atom. The van der Waals surface area contributed by atoms with Crippen molar-refractivity contribution in [3.8, 4) is 0 Å². The maximum Gasteiger partial charge on any atom is 0.244 e. The third kappa shape index (κ3) is 6.04. The topological polar surface area (TPSA) is 76.2 Å². The standard InChI is InChI=1S/C22H37N5O3S/c1-18-15-19(2)22(20(3)16-18)31(29,30)27(14-13-25-11-9-24(4)10-12-25)17-21(28)26-7-5-23-6-8-26/h15-16,23H,5-14,17H2,1-4H3. The van der Waals surface area contributed by atoms with Crippen molar-refractivity contribution in [2.45, 2.75) is 25.7 Å². The molecule has 3 rings (SSSR count). The summed E-state index contributed by atoms with van der Waals surface area (Å²) in [5.41, 5.74) is 2.50. The lowest BCUT2D eigenvalue weighted by molar-refractivity contribution is -0.132. The van der Waals surface area contributed by atoms with Crippen LogP contribution in [0.25, 0.3) is 0 Å². The van der Waals surface area contributed by atoms with Crippen LogP contribution in [0.3, 0.4) is 0 Å². The van der Waals surface area contributed by atoms with Gasteiger partial charge in [0.15, 0.2) is 0 Å². The average Bonchev–Trinajstić information content (AvgIpc) is 2.71. The van der Waals surface area contributed by atoms with Gasteiger partial charge in [-0.2, -0.15) is 4.31 Å². The van der Waals surface area contributed by atoms with Crippen LogP contribution in [0.5, 0.6) is 0 Å². The molecular formula is C22H37N5O3S. The number of rotatable bonds is 7. The average molecular weight is 452 g/mol. The van der Waals surface area contributed by atoms with Gasteiger partial charge in [0.1, 0.15) is 0 Å². The Morgan fingerprint density at radius 2 is 1.58 bits per heavy atom. The minimum atomic E-state index is -3.79. The Kier molecular flexibility index (Phi) is 8.09. The van der Waals surface area contributed by atoms with Crippen LogP contribution in [0, 0.1) is 20.8 Å². The van der Waals surface area contributed by atoms with Gasteiger partial charge in [-0.1, -0.05) is 17.7 Å². The van der Waals surface area contributed by atoms with Crippen molar-refractivity contribution >= 4 is 15.9 Å². The predicted molar refractivity (Wildman–Crippen MR) is 123 cm³/mol. The largest absolute Gasteiger partial charge is 0.339 e. The molecule has 2 fully saturated rings. The molecule has 174 valence electrons. The van der Waals surface area contributed by atoms with Crippen LogP contribution < -0.4 is 5.32 Å². The molecule has 0 atom stereocenters. The van der Waals surface area contributed by atoms with E-state index in [1.807, 2.05) is 32.9 Å². The summed E-state index contributed by atoms with van der Waals surface area (Å²) >= 11 is 0. The number of amides is 1. The highest BCUT2D eigenvalue weighted by Gasteiger charge is 2.31. The minimum Gasteiger partial charge on any atom is -0.339 e. The molecule has 2 aliphatic rings. The van der Waals surface area contributed by atoms with Crippen LogP contribution in [0.4, 0.5) is 0 Å². The van der Waals surface area contributed by atoms with Crippen LogP contribution in [-0.2, 0) is 14.8 Å². The molecule has 0 radical (unpaired) electrons. The molecule has 9 heteroatoms. The van der Waals surface area contributed by atoms with Crippen LogP contribution in [0.15, 0.2) is 17.0 Å². The van der Waals surface area contributed by atoms with Gasteiger partial charge in [-0.15, -0.1) is 0 Å². The second kappa shape index (κ2) is 10.4. The van der Waals surface area contributed by atoms with Crippen molar-refractivity contribution in [1.82, 2.24) is 24.3 Å². The molecule has 1 N–H and O–H groups in total. The summed E-state index contributed by atoms with van der Waals surface area (Å²) in [6, 6.07) is 3.80. The molecule has 0 aromatic heterocycles. The van der Waals surface area contributed by atoms with Crippen LogP contribution in [0.2, 0.25) is 0 Å². The number of piperazine rings is 2. The first-order valence-electron chi connectivity index (χ1n) is 11.2. The number of hydrogen-bond donors (Lipinski definition) is 1. The summed E-state index contributed by atoms with van der Waals surface area (Å²) in [4.78, 5) is 19.6. The van der Waals surface area contributed by atoms with E-state index in [0.29, 0.717) is 31.1 Å². The molecule has 1 amide bonds. The van der Waals surface area contributed by atoms with Crippen LogP contribution >= 0.6 is 0 Å². The van der Waals surface area contributed by atoms with Crippen molar-refractivity contribution in [2.24, 2.45) is 0 Å². The zero-order valence-electron chi connectivity index (χ0n) is 19.4. The predicted octanol–water partition coefficient (Wildman–Crippen LogP) is 0.282. The van der Waals surface area contributed by atoms with E-state index in [1.54, 1.807) is 4.90 Å². The summed E-state index contributed by atoms with van der Waals surface area (Å²) in [6.07, 6.45) is 0. The Labute approximate surface area is 187 Å². The van der Waals surface area contributed by atoms with E-state index in [-0.39, 0.29) is 12.5 Å². The summed E-state index contributed by atoms with van der Waals surface area (Å²) < 4.78 is 28.9. The normalized spacial score (nSPS) is 19.2.